The van der Waals surface area contributed by atoms with Gasteiger partial charge in [-0.3, -0.25) is 9.69 Å². The lowest BCUT2D eigenvalue weighted by Gasteiger charge is -2.35. The zero-order chi connectivity index (χ0) is 24.5. The number of amides is 1. The van der Waals surface area contributed by atoms with E-state index in [0.717, 1.165) is 43.9 Å². The lowest BCUT2D eigenvalue weighted by molar-refractivity contribution is 0.103. The standard InChI is InChI=1S/C24H28ClN7O2S/c1-14-5-3-6-18(25)22(14)30-23(34)19-11-26-24(35-19)29-20-10-21(28-15(2)27-20)32-13-16-9-17(32)12-31(16)7-4-8-33/h3,5-6,10-11,16-17,33H,4,7-9,12-13H2,1-2H3,(H,30,34)(H,26,27,28,29)/t16-,17-/m1/s1. The first-order valence-corrected chi connectivity index (χ1v) is 12.9. The molecule has 184 valence electrons. The number of rotatable bonds is 8. The summed E-state index contributed by atoms with van der Waals surface area (Å²) >= 11 is 7.49. The molecule has 2 fully saturated rings. The Hall–Kier alpha value is -2.79. The van der Waals surface area contributed by atoms with Crippen molar-refractivity contribution in [3.05, 3.63) is 51.7 Å². The van der Waals surface area contributed by atoms with Crippen LogP contribution in [0.3, 0.4) is 0 Å². The third-order valence-corrected chi connectivity index (χ3v) is 7.73. The van der Waals surface area contributed by atoms with Crippen molar-refractivity contribution >= 4 is 51.3 Å². The van der Waals surface area contributed by atoms with Gasteiger partial charge in [0.2, 0.25) is 0 Å². The van der Waals surface area contributed by atoms with E-state index in [0.29, 0.717) is 44.4 Å². The van der Waals surface area contributed by atoms with Crippen molar-refractivity contribution in [3.63, 3.8) is 0 Å². The number of halogens is 1. The molecule has 2 atom stereocenters. The molecule has 0 spiro atoms. The number of para-hydroxylation sites is 1. The second kappa shape index (κ2) is 10.1. The number of hydrogen-bond acceptors (Lipinski definition) is 9. The molecule has 2 saturated heterocycles. The molecule has 35 heavy (non-hydrogen) atoms. The predicted molar refractivity (Wildman–Crippen MR) is 139 cm³/mol. The number of hydrogen-bond donors (Lipinski definition) is 3. The molecule has 0 saturated carbocycles. The molecule has 1 aromatic carbocycles. The second-order valence-electron chi connectivity index (χ2n) is 8.97. The van der Waals surface area contributed by atoms with Crippen LogP contribution >= 0.6 is 22.9 Å². The van der Waals surface area contributed by atoms with Crippen LogP contribution in [-0.4, -0.2) is 69.2 Å². The number of aliphatic hydroxyl groups excluding tert-OH is 1. The quantitative estimate of drug-likeness (QED) is 0.417. The van der Waals surface area contributed by atoms with Gasteiger partial charge in [-0.25, -0.2) is 15.0 Å². The molecule has 5 rings (SSSR count). The van der Waals surface area contributed by atoms with Crippen molar-refractivity contribution in [1.29, 1.82) is 0 Å². The summed E-state index contributed by atoms with van der Waals surface area (Å²) in [5, 5.41) is 16.3. The molecule has 2 bridgehead atoms. The van der Waals surface area contributed by atoms with Crippen LogP contribution in [0.2, 0.25) is 5.02 Å². The first-order valence-electron chi connectivity index (χ1n) is 11.7. The van der Waals surface area contributed by atoms with Crippen LogP contribution in [0.15, 0.2) is 30.5 Å². The molecule has 3 aromatic rings. The molecule has 0 aliphatic carbocycles. The van der Waals surface area contributed by atoms with Crippen LogP contribution < -0.4 is 15.5 Å². The number of likely N-dealkylation sites (tertiary alicyclic amines) is 1. The van der Waals surface area contributed by atoms with E-state index in [9.17, 15) is 4.79 Å². The maximum atomic E-state index is 12.8. The van der Waals surface area contributed by atoms with Gasteiger partial charge in [0, 0.05) is 44.4 Å². The molecule has 9 nitrogen and oxygen atoms in total. The Bertz CT molecular complexity index is 1220. The van der Waals surface area contributed by atoms with Crippen molar-refractivity contribution < 1.29 is 9.90 Å². The zero-order valence-electron chi connectivity index (χ0n) is 19.7. The van der Waals surface area contributed by atoms with E-state index in [1.165, 1.54) is 11.3 Å². The number of thiazole rings is 1. The summed E-state index contributed by atoms with van der Waals surface area (Å²) in [7, 11) is 0. The Balaban J connectivity index is 1.26. The summed E-state index contributed by atoms with van der Waals surface area (Å²) < 4.78 is 0. The highest BCUT2D eigenvalue weighted by Crippen LogP contribution is 2.35. The number of anilines is 4. The SMILES string of the molecule is Cc1nc(Nc2ncc(C(=O)Nc3c(C)cccc3Cl)s2)cc(N2C[C@H]3C[C@@H]2CN3CCCO)n1. The van der Waals surface area contributed by atoms with Gasteiger partial charge in [0.05, 0.1) is 16.9 Å². The van der Waals surface area contributed by atoms with Crippen LogP contribution in [0, 0.1) is 13.8 Å². The fourth-order valence-corrected chi connectivity index (χ4v) is 5.84. The summed E-state index contributed by atoms with van der Waals surface area (Å²) in [6, 6.07) is 8.36. The Kier molecular flexibility index (Phi) is 6.88. The number of nitrogens with one attached hydrogen (secondary N) is 2. The number of benzene rings is 1. The van der Waals surface area contributed by atoms with Crippen LogP contribution in [-0.2, 0) is 0 Å². The fraction of sp³-hybridized carbons (Fsp3) is 0.417. The third-order valence-electron chi connectivity index (χ3n) is 6.50. The first kappa shape index (κ1) is 23.9. The predicted octanol–water partition coefficient (Wildman–Crippen LogP) is 3.84. The molecular formula is C24H28ClN7O2S. The highest BCUT2D eigenvalue weighted by molar-refractivity contribution is 7.17. The molecule has 2 aromatic heterocycles. The monoisotopic (exact) mass is 513 g/mol. The summed E-state index contributed by atoms with van der Waals surface area (Å²) in [5.41, 5.74) is 1.50. The number of fused-ring (bicyclic) bond motifs is 2. The highest BCUT2D eigenvalue weighted by Gasteiger charge is 2.43. The van der Waals surface area contributed by atoms with Crippen molar-refractivity contribution in [2.45, 2.75) is 38.8 Å². The molecule has 4 heterocycles. The Morgan fingerprint density at radius 2 is 2.11 bits per heavy atom. The van der Waals surface area contributed by atoms with Crippen LogP contribution in [0.5, 0.6) is 0 Å². The average Bonchev–Trinajstić information content (AvgIpc) is 3.56. The molecule has 1 amide bonds. The van der Waals surface area contributed by atoms with E-state index < -0.39 is 0 Å². The van der Waals surface area contributed by atoms with Gasteiger partial charge in [-0.1, -0.05) is 35.1 Å². The summed E-state index contributed by atoms with van der Waals surface area (Å²) in [6.07, 6.45) is 3.48. The van der Waals surface area contributed by atoms with E-state index in [4.69, 9.17) is 16.7 Å². The van der Waals surface area contributed by atoms with E-state index in [1.807, 2.05) is 32.0 Å². The number of nitrogens with zero attached hydrogens (tertiary/aromatic N) is 5. The lowest BCUT2D eigenvalue weighted by Crippen LogP contribution is -2.47. The van der Waals surface area contributed by atoms with Gasteiger partial charge in [0.1, 0.15) is 22.3 Å². The van der Waals surface area contributed by atoms with Gasteiger partial charge in [-0.2, -0.15) is 0 Å². The molecule has 11 heteroatoms. The molecule has 0 radical (unpaired) electrons. The highest BCUT2D eigenvalue weighted by atomic mass is 35.5. The Labute approximate surface area is 213 Å². The number of piperazine rings is 1. The number of aryl methyl sites for hydroxylation is 2. The second-order valence-corrected chi connectivity index (χ2v) is 10.4. The van der Waals surface area contributed by atoms with Crippen molar-refractivity contribution in [3.8, 4) is 0 Å². The van der Waals surface area contributed by atoms with Gasteiger partial charge in [0.25, 0.3) is 5.91 Å². The molecule has 3 N–H and O–H groups in total. The van der Waals surface area contributed by atoms with E-state index in [1.54, 1.807) is 12.3 Å². The number of carbonyl (C=O) groups excluding carboxylic acids is 1. The zero-order valence-corrected chi connectivity index (χ0v) is 21.2. The van der Waals surface area contributed by atoms with Crippen LogP contribution in [0.1, 0.15) is 33.9 Å². The Morgan fingerprint density at radius 3 is 2.86 bits per heavy atom. The van der Waals surface area contributed by atoms with Gasteiger partial charge < -0.3 is 20.6 Å². The van der Waals surface area contributed by atoms with Crippen LogP contribution in [0.4, 0.5) is 22.5 Å². The molecule has 2 aliphatic heterocycles. The van der Waals surface area contributed by atoms with Gasteiger partial charge in [0.15, 0.2) is 5.13 Å². The first-order chi connectivity index (χ1) is 16.9. The lowest BCUT2D eigenvalue weighted by atomic mass is 10.2. The van der Waals surface area contributed by atoms with Crippen LogP contribution in [0.25, 0.3) is 0 Å². The summed E-state index contributed by atoms with van der Waals surface area (Å²) in [6.45, 7) is 6.87. The number of carbonyl (C=O) groups is 1. The topological polar surface area (TPSA) is 107 Å². The number of aliphatic hydroxyl groups is 1. The minimum atomic E-state index is -0.259. The Morgan fingerprint density at radius 1 is 1.26 bits per heavy atom. The van der Waals surface area contributed by atoms with Gasteiger partial charge in [-0.05, 0) is 38.3 Å². The largest absolute Gasteiger partial charge is 0.396 e. The van der Waals surface area contributed by atoms with E-state index in [2.05, 4.69) is 35.4 Å². The van der Waals surface area contributed by atoms with E-state index >= 15 is 0 Å². The van der Waals surface area contributed by atoms with Gasteiger partial charge >= 0.3 is 0 Å². The third kappa shape index (κ3) is 5.11. The molecule has 0 unspecified atom stereocenters. The van der Waals surface area contributed by atoms with Gasteiger partial charge in [-0.15, -0.1) is 0 Å². The maximum Gasteiger partial charge on any atom is 0.267 e. The van der Waals surface area contributed by atoms with Crippen molar-refractivity contribution in [2.75, 3.05) is 41.8 Å². The minimum Gasteiger partial charge on any atom is -0.396 e. The van der Waals surface area contributed by atoms with Crippen molar-refractivity contribution in [1.82, 2.24) is 19.9 Å². The fourth-order valence-electron chi connectivity index (χ4n) is 4.85. The van der Waals surface area contributed by atoms with E-state index in [-0.39, 0.29) is 12.5 Å². The average molecular weight is 514 g/mol. The molecular weight excluding hydrogens is 486 g/mol. The summed E-state index contributed by atoms with van der Waals surface area (Å²) in [4.78, 5) is 31.6. The minimum absolute atomic E-state index is 0.234. The smallest absolute Gasteiger partial charge is 0.267 e. The van der Waals surface area contributed by atoms with Crippen molar-refractivity contribution in [2.24, 2.45) is 0 Å². The molecule has 2 aliphatic rings. The normalized spacial score (nSPS) is 19.4. The maximum absolute atomic E-state index is 12.8. The number of aromatic nitrogens is 3. The summed E-state index contributed by atoms with van der Waals surface area (Å²) in [5.74, 6) is 1.97.